The molecule has 6 heteroatoms. The molecule has 2 aromatic carbocycles. The largest absolute Gasteiger partial charge is 0.454 e. The maximum Gasteiger partial charge on any atom is 0.231 e. The third-order valence-electron chi connectivity index (χ3n) is 3.66. The van der Waals surface area contributed by atoms with Crippen LogP contribution in [0.4, 0.5) is 0 Å². The predicted octanol–water partition coefficient (Wildman–Crippen LogP) is 2.59. The molecule has 0 bridgehead atoms. The van der Waals surface area contributed by atoms with Crippen molar-refractivity contribution in [2.24, 2.45) is 0 Å². The summed E-state index contributed by atoms with van der Waals surface area (Å²) in [5.41, 5.74) is 2.88. The molecule has 2 heterocycles. The van der Waals surface area contributed by atoms with E-state index < -0.39 is 0 Å². The summed E-state index contributed by atoms with van der Waals surface area (Å²) in [6.07, 6.45) is 0. The summed E-state index contributed by atoms with van der Waals surface area (Å²) in [6.45, 7) is 0.755. The van der Waals surface area contributed by atoms with Crippen molar-refractivity contribution in [2.75, 3.05) is 6.79 Å². The van der Waals surface area contributed by atoms with Gasteiger partial charge in [0.2, 0.25) is 6.79 Å². The zero-order chi connectivity index (χ0) is 15.6. The Hall–Kier alpha value is -3.33. The molecule has 0 unspecified atom stereocenters. The second kappa shape index (κ2) is 5.46. The van der Waals surface area contributed by atoms with Crippen LogP contribution in [0.5, 0.6) is 11.5 Å². The number of hydrogen-bond donors (Lipinski definition) is 0. The fourth-order valence-electron chi connectivity index (χ4n) is 2.58. The summed E-state index contributed by atoms with van der Waals surface area (Å²) in [7, 11) is 0. The third kappa shape index (κ3) is 2.38. The van der Waals surface area contributed by atoms with E-state index in [4.69, 9.17) is 9.47 Å². The lowest BCUT2D eigenvalue weighted by Crippen LogP contribution is -2.04. The van der Waals surface area contributed by atoms with Gasteiger partial charge in [-0.1, -0.05) is 35.5 Å². The topological polar surface area (TPSA) is 73.0 Å². The van der Waals surface area contributed by atoms with Crippen LogP contribution in [0.1, 0.15) is 11.3 Å². The van der Waals surface area contributed by atoms with Crippen molar-refractivity contribution in [1.82, 2.24) is 15.0 Å². The summed E-state index contributed by atoms with van der Waals surface area (Å²) < 4.78 is 12.5. The first kappa shape index (κ1) is 13.3. The highest BCUT2D eigenvalue weighted by Crippen LogP contribution is 2.36. The highest BCUT2D eigenvalue weighted by molar-refractivity contribution is 5.68. The molecule has 0 aliphatic carbocycles. The SMILES string of the molecule is N#Cc1nnn(Cc2ccccc2)c1-c1ccc2c(c1)OCO2. The number of fused-ring (bicyclic) bond motifs is 1. The Bertz CT molecular complexity index is 897. The van der Waals surface area contributed by atoms with Crippen LogP contribution in [0.2, 0.25) is 0 Å². The van der Waals surface area contributed by atoms with E-state index in [9.17, 15) is 5.26 Å². The van der Waals surface area contributed by atoms with Gasteiger partial charge in [-0.3, -0.25) is 0 Å². The molecule has 0 N–H and O–H groups in total. The van der Waals surface area contributed by atoms with Crippen molar-refractivity contribution < 1.29 is 9.47 Å². The van der Waals surface area contributed by atoms with Gasteiger partial charge >= 0.3 is 0 Å². The second-order valence-corrected chi connectivity index (χ2v) is 5.11. The van der Waals surface area contributed by atoms with E-state index in [0.29, 0.717) is 29.4 Å². The normalized spacial score (nSPS) is 12.1. The quantitative estimate of drug-likeness (QED) is 0.743. The summed E-state index contributed by atoms with van der Waals surface area (Å²) in [6, 6.07) is 17.6. The van der Waals surface area contributed by atoms with Gasteiger partial charge in [0.25, 0.3) is 0 Å². The number of nitrogens with zero attached hydrogens (tertiary/aromatic N) is 4. The van der Waals surface area contributed by atoms with Crippen molar-refractivity contribution in [3.63, 3.8) is 0 Å². The summed E-state index contributed by atoms with van der Waals surface area (Å²) in [5.74, 6) is 1.37. The lowest BCUT2D eigenvalue weighted by atomic mass is 10.1. The van der Waals surface area contributed by atoms with Crippen LogP contribution in [0, 0.1) is 11.3 Å². The Labute approximate surface area is 132 Å². The monoisotopic (exact) mass is 304 g/mol. The van der Waals surface area contributed by atoms with E-state index in [0.717, 1.165) is 11.1 Å². The molecule has 0 fully saturated rings. The minimum Gasteiger partial charge on any atom is -0.454 e. The number of ether oxygens (including phenoxy) is 2. The first-order valence-electron chi connectivity index (χ1n) is 7.12. The smallest absolute Gasteiger partial charge is 0.231 e. The first-order chi connectivity index (χ1) is 11.3. The molecular weight excluding hydrogens is 292 g/mol. The average Bonchev–Trinajstić information content (AvgIpc) is 3.21. The van der Waals surface area contributed by atoms with E-state index in [2.05, 4.69) is 16.4 Å². The highest BCUT2D eigenvalue weighted by Gasteiger charge is 2.19. The second-order valence-electron chi connectivity index (χ2n) is 5.11. The molecule has 1 aliphatic heterocycles. The Kier molecular flexibility index (Phi) is 3.17. The fraction of sp³-hybridized carbons (Fsp3) is 0.118. The lowest BCUT2D eigenvalue weighted by Gasteiger charge is -2.07. The van der Waals surface area contributed by atoms with E-state index in [-0.39, 0.29) is 6.79 Å². The van der Waals surface area contributed by atoms with Gasteiger partial charge in [0.05, 0.1) is 6.54 Å². The number of hydrogen-bond acceptors (Lipinski definition) is 5. The van der Waals surface area contributed by atoms with Crippen LogP contribution in [-0.4, -0.2) is 21.8 Å². The Morgan fingerprint density at radius 2 is 1.91 bits per heavy atom. The maximum atomic E-state index is 9.33. The fourth-order valence-corrected chi connectivity index (χ4v) is 2.58. The maximum absolute atomic E-state index is 9.33. The van der Waals surface area contributed by atoms with Crippen molar-refractivity contribution in [2.45, 2.75) is 6.54 Å². The van der Waals surface area contributed by atoms with E-state index >= 15 is 0 Å². The van der Waals surface area contributed by atoms with Crippen LogP contribution in [0.25, 0.3) is 11.3 Å². The van der Waals surface area contributed by atoms with E-state index in [1.54, 1.807) is 4.68 Å². The van der Waals surface area contributed by atoms with Crippen LogP contribution < -0.4 is 9.47 Å². The predicted molar refractivity (Wildman–Crippen MR) is 81.8 cm³/mol. The van der Waals surface area contributed by atoms with Crippen LogP contribution in [-0.2, 0) is 6.54 Å². The molecule has 0 amide bonds. The Morgan fingerprint density at radius 3 is 2.74 bits per heavy atom. The van der Waals surface area contributed by atoms with Gasteiger partial charge in [-0.05, 0) is 23.8 Å². The first-order valence-corrected chi connectivity index (χ1v) is 7.12. The molecule has 0 atom stereocenters. The molecule has 3 aromatic rings. The molecule has 23 heavy (non-hydrogen) atoms. The van der Waals surface area contributed by atoms with Crippen molar-refractivity contribution in [1.29, 1.82) is 5.26 Å². The third-order valence-corrected chi connectivity index (χ3v) is 3.66. The summed E-state index contributed by atoms with van der Waals surface area (Å²) in [4.78, 5) is 0. The summed E-state index contributed by atoms with van der Waals surface area (Å²) in [5, 5.41) is 17.4. The number of aromatic nitrogens is 3. The molecule has 0 spiro atoms. The Morgan fingerprint density at radius 1 is 1.09 bits per heavy atom. The van der Waals surface area contributed by atoms with Gasteiger partial charge in [-0.2, -0.15) is 5.26 Å². The van der Waals surface area contributed by atoms with Crippen molar-refractivity contribution >= 4 is 0 Å². The van der Waals surface area contributed by atoms with Crippen LogP contribution in [0.15, 0.2) is 48.5 Å². The van der Waals surface area contributed by atoms with E-state index in [1.165, 1.54) is 0 Å². The van der Waals surface area contributed by atoms with E-state index in [1.807, 2.05) is 48.5 Å². The molecule has 0 saturated heterocycles. The zero-order valence-electron chi connectivity index (χ0n) is 12.1. The standard InChI is InChI=1S/C17H12N4O2/c18-9-14-17(13-6-7-15-16(8-13)23-11-22-15)21(20-19-14)10-12-4-2-1-3-5-12/h1-8H,10-11H2. The van der Waals surface area contributed by atoms with Gasteiger partial charge in [0, 0.05) is 5.56 Å². The molecule has 1 aliphatic rings. The van der Waals surface area contributed by atoms with Gasteiger partial charge in [-0.25, -0.2) is 4.68 Å². The Balaban J connectivity index is 1.78. The highest BCUT2D eigenvalue weighted by atomic mass is 16.7. The van der Waals surface area contributed by atoms with Gasteiger partial charge in [-0.15, -0.1) is 5.10 Å². The van der Waals surface area contributed by atoms with Crippen LogP contribution >= 0.6 is 0 Å². The molecular formula is C17H12N4O2. The number of rotatable bonds is 3. The zero-order valence-corrected chi connectivity index (χ0v) is 12.1. The molecule has 6 nitrogen and oxygen atoms in total. The summed E-state index contributed by atoms with van der Waals surface area (Å²) >= 11 is 0. The molecule has 4 rings (SSSR count). The molecule has 0 saturated carbocycles. The minimum atomic E-state index is 0.214. The molecule has 0 radical (unpaired) electrons. The van der Waals surface area contributed by atoms with Crippen molar-refractivity contribution in [3.8, 4) is 28.8 Å². The van der Waals surface area contributed by atoms with Gasteiger partial charge < -0.3 is 9.47 Å². The van der Waals surface area contributed by atoms with Crippen LogP contribution in [0.3, 0.4) is 0 Å². The van der Waals surface area contributed by atoms with Gasteiger partial charge in [0.15, 0.2) is 17.2 Å². The molecule has 112 valence electrons. The average molecular weight is 304 g/mol. The number of benzene rings is 2. The van der Waals surface area contributed by atoms with Gasteiger partial charge in [0.1, 0.15) is 11.8 Å². The number of nitriles is 1. The minimum absolute atomic E-state index is 0.214. The lowest BCUT2D eigenvalue weighted by molar-refractivity contribution is 0.174. The molecule has 1 aromatic heterocycles. The van der Waals surface area contributed by atoms with Crippen molar-refractivity contribution in [3.05, 3.63) is 59.8 Å².